The molecule has 13 heteroatoms. The Labute approximate surface area is 316 Å². The van der Waals surface area contributed by atoms with E-state index in [0.717, 1.165) is 70.8 Å². The molecule has 2 aromatic heterocycles. The third-order valence-electron chi connectivity index (χ3n) is 10.6. The topological polar surface area (TPSA) is 162 Å². The largest absolute Gasteiger partial charge is 0.453 e. The number of carbonyl (C=O) groups excluding carboxylic acids is 4. The van der Waals surface area contributed by atoms with Crippen molar-refractivity contribution in [2.24, 2.45) is 11.8 Å². The van der Waals surface area contributed by atoms with E-state index in [1.165, 1.54) is 14.2 Å². The van der Waals surface area contributed by atoms with Gasteiger partial charge in [0.05, 0.1) is 38.2 Å². The van der Waals surface area contributed by atoms with Crippen molar-refractivity contribution in [3.05, 3.63) is 78.4 Å². The van der Waals surface area contributed by atoms with Crippen LogP contribution in [0.15, 0.2) is 66.9 Å². The number of nitrogens with one attached hydrogen (secondary N) is 4. The number of alkyl carbamates (subject to hydrolysis) is 2. The number of aromatic nitrogens is 3. The van der Waals surface area contributed by atoms with Gasteiger partial charge in [-0.2, -0.15) is 0 Å². The fourth-order valence-electron chi connectivity index (χ4n) is 7.54. The molecule has 2 aromatic carbocycles. The third-order valence-corrected chi connectivity index (χ3v) is 10.6. The Balaban J connectivity index is 1.11. The van der Waals surface area contributed by atoms with E-state index in [1.54, 1.807) is 6.20 Å². The van der Waals surface area contributed by atoms with Crippen LogP contribution in [-0.4, -0.2) is 88.1 Å². The SMILES string of the molecule is COC(=O)NC(C(=O)N1CCC[C@H]1c1ccc(-c2ccc(-c3ccc(-c4cnc([C@@H]5CCCN5C(=O)[C@@H](NC(=O)OC)C(C)C)[nH]4)cc3)cc2)[nH]1)C(C)C. The molecule has 54 heavy (non-hydrogen) atoms. The van der Waals surface area contributed by atoms with Crippen LogP contribution in [-0.2, 0) is 19.1 Å². The molecule has 13 nitrogen and oxygen atoms in total. The molecule has 0 saturated carbocycles. The van der Waals surface area contributed by atoms with Crippen LogP contribution in [0.2, 0.25) is 0 Å². The van der Waals surface area contributed by atoms with Gasteiger partial charge in [-0.3, -0.25) is 9.59 Å². The molecule has 4 aromatic rings. The molecule has 4 atom stereocenters. The monoisotopic (exact) mass is 737 g/mol. The molecule has 4 heterocycles. The third kappa shape index (κ3) is 8.14. The molecule has 0 radical (unpaired) electrons. The van der Waals surface area contributed by atoms with Gasteiger partial charge < -0.3 is 39.9 Å². The first kappa shape index (κ1) is 38.1. The summed E-state index contributed by atoms with van der Waals surface area (Å²) in [5, 5.41) is 5.41. The number of benzene rings is 2. The highest BCUT2D eigenvalue weighted by molar-refractivity contribution is 5.87. The number of carbonyl (C=O) groups is 4. The molecule has 2 aliphatic rings. The van der Waals surface area contributed by atoms with Crippen molar-refractivity contribution in [3.63, 3.8) is 0 Å². The number of aromatic amines is 2. The normalized spacial score (nSPS) is 18.1. The van der Waals surface area contributed by atoms with Crippen LogP contribution < -0.4 is 10.6 Å². The van der Waals surface area contributed by atoms with Crippen molar-refractivity contribution in [1.82, 2.24) is 35.4 Å². The van der Waals surface area contributed by atoms with Gasteiger partial charge in [-0.15, -0.1) is 0 Å². The number of methoxy groups -OCH3 is 2. The van der Waals surface area contributed by atoms with Crippen molar-refractivity contribution < 1.29 is 28.7 Å². The zero-order chi connectivity index (χ0) is 38.5. The van der Waals surface area contributed by atoms with Crippen LogP contribution in [0.5, 0.6) is 0 Å². The van der Waals surface area contributed by atoms with E-state index in [1.807, 2.05) is 49.6 Å². The molecule has 0 spiro atoms. The first-order valence-corrected chi connectivity index (χ1v) is 18.7. The molecule has 4 N–H and O–H groups in total. The maximum Gasteiger partial charge on any atom is 0.407 e. The number of imidazole rings is 1. The molecular formula is C41H51N7O6. The number of amides is 4. The highest BCUT2D eigenvalue weighted by Gasteiger charge is 2.38. The highest BCUT2D eigenvalue weighted by Crippen LogP contribution is 2.36. The lowest BCUT2D eigenvalue weighted by atomic mass is 10.0. The summed E-state index contributed by atoms with van der Waals surface area (Å²) in [5.74, 6) is 0.304. The minimum atomic E-state index is -0.684. The minimum Gasteiger partial charge on any atom is -0.453 e. The van der Waals surface area contributed by atoms with Gasteiger partial charge in [0.1, 0.15) is 17.9 Å². The van der Waals surface area contributed by atoms with Gasteiger partial charge in [-0.1, -0.05) is 76.2 Å². The Morgan fingerprint density at radius 3 is 1.61 bits per heavy atom. The standard InChI is InChI=1S/C41H51N7O6/c1-24(2)35(45-40(51)53-5)38(49)47-21-7-9-33(47)31-20-19-30(43-31)28-15-11-26(12-16-28)27-13-17-29(18-14-27)32-23-42-37(44-32)34-10-8-22-48(34)39(50)36(25(3)4)46-41(52)54-6/h11-20,23-25,33-36,43H,7-10,21-22H2,1-6H3,(H,42,44)(H,45,51)(H,46,52)/t33-,34-,35?,36-/m0/s1. The number of likely N-dealkylation sites (tertiary alicyclic amines) is 2. The number of ether oxygens (including phenoxy) is 2. The molecular weight excluding hydrogens is 686 g/mol. The Morgan fingerprint density at radius 1 is 0.648 bits per heavy atom. The summed E-state index contributed by atoms with van der Waals surface area (Å²) in [7, 11) is 2.59. The fraction of sp³-hybridized carbons (Fsp3) is 0.439. The molecule has 1 unspecified atom stereocenters. The molecule has 2 aliphatic heterocycles. The fourth-order valence-corrected chi connectivity index (χ4v) is 7.54. The molecule has 4 amide bonds. The molecule has 0 aliphatic carbocycles. The predicted molar refractivity (Wildman–Crippen MR) is 205 cm³/mol. The minimum absolute atomic E-state index is 0.0837. The van der Waals surface area contributed by atoms with Gasteiger partial charge in [0, 0.05) is 24.5 Å². The first-order valence-electron chi connectivity index (χ1n) is 18.7. The van der Waals surface area contributed by atoms with Crippen molar-refractivity contribution >= 4 is 24.0 Å². The lowest BCUT2D eigenvalue weighted by Gasteiger charge is -2.30. The number of hydrogen-bond donors (Lipinski definition) is 4. The van der Waals surface area contributed by atoms with Gasteiger partial charge in [0.15, 0.2) is 0 Å². The van der Waals surface area contributed by atoms with Crippen molar-refractivity contribution in [2.75, 3.05) is 27.3 Å². The van der Waals surface area contributed by atoms with Crippen LogP contribution in [0.4, 0.5) is 9.59 Å². The zero-order valence-electron chi connectivity index (χ0n) is 31.8. The van der Waals surface area contributed by atoms with Crippen molar-refractivity contribution in [3.8, 4) is 33.6 Å². The van der Waals surface area contributed by atoms with Crippen molar-refractivity contribution in [1.29, 1.82) is 0 Å². The van der Waals surface area contributed by atoms with E-state index < -0.39 is 24.3 Å². The quantitative estimate of drug-likeness (QED) is 0.131. The Kier molecular flexibility index (Phi) is 11.7. The maximum absolute atomic E-state index is 13.5. The maximum atomic E-state index is 13.5. The van der Waals surface area contributed by atoms with Gasteiger partial charge in [-0.25, -0.2) is 14.6 Å². The summed E-state index contributed by atoms with van der Waals surface area (Å²) in [6, 6.07) is 19.1. The lowest BCUT2D eigenvalue weighted by molar-refractivity contribution is -0.136. The van der Waals surface area contributed by atoms with Crippen LogP contribution >= 0.6 is 0 Å². The molecule has 2 fully saturated rings. The zero-order valence-corrected chi connectivity index (χ0v) is 31.8. The van der Waals surface area contributed by atoms with Gasteiger partial charge >= 0.3 is 12.2 Å². The number of rotatable bonds is 11. The summed E-state index contributed by atoms with van der Waals surface area (Å²) in [6.07, 6.45) is 3.94. The van der Waals surface area contributed by atoms with Gasteiger partial charge in [0.2, 0.25) is 11.8 Å². The Hall–Kier alpha value is -5.59. The van der Waals surface area contributed by atoms with Gasteiger partial charge in [0.25, 0.3) is 0 Å². The van der Waals surface area contributed by atoms with E-state index in [9.17, 15) is 19.2 Å². The molecule has 6 rings (SSSR count). The van der Waals surface area contributed by atoms with E-state index in [-0.39, 0.29) is 35.7 Å². The second kappa shape index (κ2) is 16.6. The highest BCUT2D eigenvalue weighted by atomic mass is 16.5. The number of H-pyrrole nitrogens is 2. The van der Waals surface area contributed by atoms with Crippen LogP contribution in [0, 0.1) is 11.8 Å². The number of nitrogens with zero attached hydrogens (tertiary/aromatic N) is 3. The van der Waals surface area contributed by atoms with Gasteiger partial charge in [-0.05, 0) is 71.9 Å². The summed E-state index contributed by atoms with van der Waals surface area (Å²) in [5.41, 5.74) is 6.98. The van der Waals surface area contributed by atoms with E-state index in [4.69, 9.17) is 9.47 Å². The average molecular weight is 738 g/mol. The second-order valence-electron chi connectivity index (χ2n) is 14.8. The van der Waals surface area contributed by atoms with Crippen LogP contribution in [0.1, 0.15) is 77.0 Å². The molecule has 0 bridgehead atoms. The summed E-state index contributed by atoms with van der Waals surface area (Å²) in [4.78, 5) is 66.3. The lowest BCUT2D eigenvalue weighted by Crippen LogP contribution is -2.51. The Morgan fingerprint density at radius 2 is 1.11 bits per heavy atom. The second-order valence-corrected chi connectivity index (χ2v) is 14.8. The summed E-state index contributed by atoms with van der Waals surface area (Å²) >= 11 is 0. The van der Waals surface area contributed by atoms with Crippen LogP contribution in [0.3, 0.4) is 0 Å². The van der Waals surface area contributed by atoms with Crippen LogP contribution in [0.25, 0.3) is 33.6 Å². The predicted octanol–water partition coefficient (Wildman–Crippen LogP) is 6.83. The van der Waals surface area contributed by atoms with E-state index in [0.29, 0.717) is 13.1 Å². The van der Waals surface area contributed by atoms with Crippen molar-refractivity contribution in [2.45, 2.75) is 77.5 Å². The molecule has 286 valence electrons. The first-order chi connectivity index (χ1) is 26.0. The molecule has 2 saturated heterocycles. The van der Waals surface area contributed by atoms with E-state index in [2.05, 4.69) is 74.1 Å². The number of hydrogen-bond acceptors (Lipinski definition) is 7. The Bertz CT molecular complexity index is 1790. The van der Waals surface area contributed by atoms with E-state index >= 15 is 0 Å². The smallest absolute Gasteiger partial charge is 0.407 e. The summed E-state index contributed by atoms with van der Waals surface area (Å²) < 4.78 is 9.51. The average Bonchev–Trinajstić information content (AvgIpc) is 4.02. The summed E-state index contributed by atoms with van der Waals surface area (Å²) in [6.45, 7) is 8.86.